The quantitative estimate of drug-likeness (QED) is 0.424. The topological polar surface area (TPSA) is 82.5 Å². The van der Waals surface area contributed by atoms with Gasteiger partial charge in [0.2, 0.25) is 5.91 Å². The standard InChI is InChI=1S/C33H40FN7O/c1-5-29(42)41-20-33(21-41)10-14-40(15-11-33)27-16-28(39-12-8-23(9-13-39)19-38(3)4)32(34)31(24(27)17-35)30-22(2)6-7-26-25(30)18-36-37-26/h5-7,16,18,23H,1,8-15,19-21H2,2-4H3,(H,36,37). The van der Waals surface area contributed by atoms with Crippen LogP contribution in [0.25, 0.3) is 22.0 Å². The Bertz CT molecular complexity index is 1550. The number of carbonyl (C=O) groups excluding carboxylic acids is 1. The smallest absolute Gasteiger partial charge is 0.245 e. The van der Waals surface area contributed by atoms with Crippen molar-refractivity contribution in [2.75, 3.05) is 69.7 Å². The Balaban J connectivity index is 1.39. The van der Waals surface area contributed by atoms with E-state index in [2.05, 4.69) is 51.6 Å². The monoisotopic (exact) mass is 569 g/mol. The van der Waals surface area contributed by atoms with Gasteiger partial charge in [-0.2, -0.15) is 10.4 Å². The molecule has 0 unspecified atom stereocenters. The first kappa shape index (κ1) is 28.2. The maximum absolute atomic E-state index is 16.9. The van der Waals surface area contributed by atoms with Crippen molar-refractivity contribution >= 4 is 28.2 Å². The number of nitriles is 1. The summed E-state index contributed by atoms with van der Waals surface area (Å²) in [5.41, 5.74) is 4.69. The minimum Gasteiger partial charge on any atom is -0.370 e. The van der Waals surface area contributed by atoms with E-state index in [1.807, 2.05) is 30.0 Å². The van der Waals surface area contributed by atoms with Crippen molar-refractivity contribution in [2.45, 2.75) is 32.6 Å². The molecule has 2 aromatic carbocycles. The second-order valence-electron chi connectivity index (χ2n) is 12.8. The predicted molar refractivity (Wildman–Crippen MR) is 165 cm³/mol. The summed E-state index contributed by atoms with van der Waals surface area (Å²) < 4.78 is 16.9. The number of aryl methyl sites for hydroxylation is 1. The summed E-state index contributed by atoms with van der Waals surface area (Å²) in [5, 5.41) is 18.7. The SMILES string of the molecule is C=CC(=O)N1CC2(CCN(c3cc(N4CCC(CN(C)C)CC4)c(F)c(-c4c(C)ccc5[nH]ncc45)c3C#N)CC2)C1. The Morgan fingerprint density at radius 3 is 2.50 bits per heavy atom. The second kappa shape index (κ2) is 11.1. The highest BCUT2D eigenvalue weighted by atomic mass is 19.1. The molecular formula is C33H40FN7O. The van der Waals surface area contributed by atoms with Crippen LogP contribution in [0.1, 0.15) is 36.8 Å². The number of hydrogen-bond donors (Lipinski definition) is 1. The van der Waals surface area contributed by atoms with Crippen LogP contribution in [0.15, 0.2) is 37.1 Å². The molecule has 0 radical (unpaired) electrons. The molecule has 3 fully saturated rings. The molecular weight excluding hydrogens is 529 g/mol. The lowest BCUT2D eigenvalue weighted by molar-refractivity contribution is -0.139. The number of anilines is 2. The molecule has 3 aliphatic heterocycles. The fourth-order valence-corrected chi connectivity index (χ4v) is 7.38. The van der Waals surface area contributed by atoms with Gasteiger partial charge < -0.3 is 19.6 Å². The zero-order valence-corrected chi connectivity index (χ0v) is 24.9. The van der Waals surface area contributed by atoms with Crippen molar-refractivity contribution in [1.29, 1.82) is 5.26 Å². The fourth-order valence-electron chi connectivity index (χ4n) is 7.38. The number of hydrogen-bond acceptors (Lipinski definition) is 6. The summed E-state index contributed by atoms with van der Waals surface area (Å²) in [6.45, 7) is 11.2. The summed E-state index contributed by atoms with van der Waals surface area (Å²) in [4.78, 5) is 20.6. The van der Waals surface area contributed by atoms with Crippen molar-refractivity contribution in [1.82, 2.24) is 20.0 Å². The highest BCUT2D eigenvalue weighted by Gasteiger charge is 2.46. The van der Waals surface area contributed by atoms with E-state index in [1.165, 1.54) is 6.08 Å². The van der Waals surface area contributed by atoms with Crippen LogP contribution in [-0.4, -0.2) is 85.8 Å². The highest BCUT2D eigenvalue weighted by molar-refractivity contribution is 6.00. The molecule has 42 heavy (non-hydrogen) atoms. The number of piperidine rings is 2. The molecule has 3 aromatic rings. The van der Waals surface area contributed by atoms with Crippen molar-refractivity contribution in [3.63, 3.8) is 0 Å². The number of likely N-dealkylation sites (tertiary alicyclic amines) is 1. The lowest BCUT2D eigenvalue weighted by atomic mass is 9.71. The summed E-state index contributed by atoms with van der Waals surface area (Å²) in [6, 6.07) is 8.27. The maximum atomic E-state index is 16.9. The van der Waals surface area contributed by atoms with Crippen LogP contribution in [0, 0.1) is 35.4 Å². The summed E-state index contributed by atoms with van der Waals surface area (Å²) in [5.74, 6) is 0.247. The minimum absolute atomic E-state index is 0.0132. The lowest BCUT2D eigenvalue weighted by Crippen LogP contribution is -2.61. The molecule has 3 aliphatic rings. The summed E-state index contributed by atoms with van der Waals surface area (Å²) in [7, 11) is 4.20. The number of carbonyl (C=O) groups is 1. The van der Waals surface area contributed by atoms with Gasteiger partial charge in [0.25, 0.3) is 0 Å². The molecule has 0 aliphatic carbocycles. The molecule has 3 saturated heterocycles. The molecule has 6 rings (SSSR count). The molecule has 220 valence electrons. The molecule has 0 saturated carbocycles. The van der Waals surface area contributed by atoms with Crippen LogP contribution >= 0.6 is 0 Å². The van der Waals surface area contributed by atoms with Crippen LogP contribution in [0.3, 0.4) is 0 Å². The van der Waals surface area contributed by atoms with E-state index in [9.17, 15) is 10.1 Å². The van der Waals surface area contributed by atoms with E-state index in [1.54, 1.807) is 6.20 Å². The van der Waals surface area contributed by atoms with Crippen LogP contribution in [0.5, 0.6) is 0 Å². The Kier molecular flexibility index (Phi) is 7.44. The molecule has 1 N–H and O–H groups in total. The van der Waals surface area contributed by atoms with Crippen molar-refractivity contribution in [3.05, 3.63) is 54.0 Å². The van der Waals surface area contributed by atoms with E-state index >= 15 is 4.39 Å². The zero-order chi connectivity index (χ0) is 29.6. The van der Waals surface area contributed by atoms with Gasteiger partial charge in [0.05, 0.1) is 28.7 Å². The van der Waals surface area contributed by atoms with E-state index in [4.69, 9.17) is 0 Å². The molecule has 8 nitrogen and oxygen atoms in total. The average Bonchev–Trinajstić information content (AvgIpc) is 3.45. The number of benzene rings is 2. The Hall–Kier alpha value is -3.90. The van der Waals surface area contributed by atoms with Gasteiger partial charge in [-0.05, 0) is 82.0 Å². The molecule has 1 aromatic heterocycles. The van der Waals surface area contributed by atoms with Crippen molar-refractivity contribution in [2.24, 2.45) is 11.3 Å². The molecule has 4 heterocycles. The van der Waals surface area contributed by atoms with E-state index < -0.39 is 0 Å². The fraction of sp³-hybridized carbons (Fsp3) is 0.485. The van der Waals surface area contributed by atoms with Crippen LogP contribution in [-0.2, 0) is 4.79 Å². The van der Waals surface area contributed by atoms with Crippen LogP contribution in [0.2, 0.25) is 0 Å². The molecule has 0 atom stereocenters. The van der Waals surface area contributed by atoms with Gasteiger partial charge in [-0.3, -0.25) is 9.89 Å². The summed E-state index contributed by atoms with van der Waals surface area (Å²) in [6.07, 6.45) is 6.97. The first-order valence-electron chi connectivity index (χ1n) is 15.0. The molecule has 1 amide bonds. The van der Waals surface area contributed by atoms with Crippen molar-refractivity contribution in [3.8, 4) is 17.2 Å². The van der Waals surface area contributed by atoms with Gasteiger partial charge in [0.15, 0.2) is 5.82 Å². The van der Waals surface area contributed by atoms with Gasteiger partial charge >= 0.3 is 0 Å². The van der Waals surface area contributed by atoms with Crippen LogP contribution in [0.4, 0.5) is 15.8 Å². The highest BCUT2D eigenvalue weighted by Crippen LogP contribution is 2.46. The van der Waals surface area contributed by atoms with E-state index in [0.29, 0.717) is 22.7 Å². The number of aromatic amines is 1. The zero-order valence-electron chi connectivity index (χ0n) is 24.9. The molecule has 9 heteroatoms. The Labute approximate surface area is 247 Å². The minimum atomic E-state index is -0.329. The largest absolute Gasteiger partial charge is 0.370 e. The second-order valence-corrected chi connectivity index (χ2v) is 12.8. The van der Waals surface area contributed by atoms with Gasteiger partial charge in [-0.1, -0.05) is 12.6 Å². The van der Waals surface area contributed by atoms with Gasteiger partial charge in [-0.25, -0.2) is 4.39 Å². The van der Waals surface area contributed by atoms with Crippen LogP contribution < -0.4 is 9.80 Å². The Morgan fingerprint density at radius 1 is 1.17 bits per heavy atom. The summed E-state index contributed by atoms with van der Waals surface area (Å²) >= 11 is 0. The number of rotatable bonds is 6. The van der Waals surface area contributed by atoms with E-state index in [-0.39, 0.29) is 17.1 Å². The third kappa shape index (κ3) is 4.92. The normalized spacial score (nSPS) is 18.9. The van der Waals surface area contributed by atoms with Gasteiger partial charge in [0, 0.05) is 62.2 Å². The number of fused-ring (bicyclic) bond motifs is 1. The number of amides is 1. The molecule has 1 spiro atoms. The Morgan fingerprint density at radius 2 is 1.86 bits per heavy atom. The van der Waals surface area contributed by atoms with Gasteiger partial charge in [0.1, 0.15) is 6.07 Å². The molecule has 0 bridgehead atoms. The first-order valence-corrected chi connectivity index (χ1v) is 15.0. The number of halogens is 1. The number of aromatic nitrogens is 2. The van der Waals surface area contributed by atoms with Crippen molar-refractivity contribution < 1.29 is 9.18 Å². The number of H-pyrrole nitrogens is 1. The average molecular weight is 570 g/mol. The third-order valence-corrected chi connectivity index (χ3v) is 9.70. The number of nitrogens with one attached hydrogen (secondary N) is 1. The number of nitrogens with zero attached hydrogens (tertiary/aromatic N) is 6. The van der Waals surface area contributed by atoms with Gasteiger partial charge in [-0.15, -0.1) is 0 Å². The maximum Gasteiger partial charge on any atom is 0.245 e. The van der Waals surface area contributed by atoms with E-state index in [0.717, 1.165) is 99.2 Å². The third-order valence-electron chi connectivity index (χ3n) is 9.70. The predicted octanol–water partition coefficient (Wildman–Crippen LogP) is 4.94. The first-order chi connectivity index (χ1) is 20.2. The lowest BCUT2D eigenvalue weighted by Gasteiger charge is -2.54.